The second kappa shape index (κ2) is 5.33. The number of piperidine rings is 1. The maximum absolute atomic E-state index is 11.2. The van der Waals surface area contributed by atoms with Gasteiger partial charge in [0.2, 0.25) is 0 Å². The third kappa shape index (κ3) is 2.56. The van der Waals surface area contributed by atoms with Crippen LogP contribution in [0.1, 0.15) is 23.2 Å². The van der Waals surface area contributed by atoms with Crippen LogP contribution < -0.4 is 4.90 Å². The van der Waals surface area contributed by atoms with Crippen molar-refractivity contribution in [3.63, 3.8) is 0 Å². The SMILES string of the molecule is CN(C)C1CCN(c2ccn3ncc(C(=O)O)c3n2)CC1. The van der Waals surface area contributed by atoms with Crippen molar-refractivity contribution < 1.29 is 9.90 Å². The lowest BCUT2D eigenvalue weighted by Crippen LogP contribution is -2.42. The van der Waals surface area contributed by atoms with Gasteiger partial charge in [-0.3, -0.25) is 0 Å². The van der Waals surface area contributed by atoms with Crippen molar-refractivity contribution in [3.05, 3.63) is 24.0 Å². The van der Waals surface area contributed by atoms with E-state index in [9.17, 15) is 4.79 Å². The molecule has 0 atom stereocenters. The fraction of sp³-hybridized carbons (Fsp3) is 0.500. The van der Waals surface area contributed by atoms with Crippen LogP contribution in [0.5, 0.6) is 0 Å². The Bertz CT molecular complexity index is 658. The van der Waals surface area contributed by atoms with Gasteiger partial charge in [0.1, 0.15) is 11.4 Å². The smallest absolute Gasteiger partial charge is 0.341 e. The molecule has 1 saturated heterocycles. The Balaban J connectivity index is 1.85. The summed E-state index contributed by atoms with van der Waals surface area (Å²) in [4.78, 5) is 20.1. The number of hydrogen-bond acceptors (Lipinski definition) is 5. The highest BCUT2D eigenvalue weighted by molar-refractivity contribution is 5.94. The number of carbonyl (C=O) groups is 1. The average Bonchev–Trinajstić information content (AvgIpc) is 2.90. The Morgan fingerprint density at radius 3 is 2.71 bits per heavy atom. The van der Waals surface area contributed by atoms with E-state index >= 15 is 0 Å². The maximum Gasteiger partial charge on any atom is 0.341 e. The molecule has 2 aromatic heterocycles. The number of aromatic nitrogens is 3. The zero-order valence-corrected chi connectivity index (χ0v) is 12.2. The molecule has 7 nitrogen and oxygen atoms in total. The lowest BCUT2D eigenvalue weighted by molar-refractivity contribution is 0.0699. The Morgan fingerprint density at radius 2 is 2.10 bits per heavy atom. The van der Waals surface area contributed by atoms with Crippen LogP contribution in [0.3, 0.4) is 0 Å². The van der Waals surface area contributed by atoms with E-state index in [1.807, 2.05) is 6.07 Å². The standard InChI is InChI=1S/C14H19N5O2/c1-17(2)10-3-6-18(7-4-10)12-5-8-19-13(16-12)11(9-15-19)14(20)21/h5,8-10H,3-4,6-7H2,1-2H3,(H,20,21). The van der Waals surface area contributed by atoms with Crippen LogP contribution in [-0.2, 0) is 0 Å². The highest BCUT2D eigenvalue weighted by atomic mass is 16.4. The highest BCUT2D eigenvalue weighted by Gasteiger charge is 2.22. The highest BCUT2D eigenvalue weighted by Crippen LogP contribution is 2.21. The van der Waals surface area contributed by atoms with Gasteiger partial charge in [0, 0.05) is 25.3 Å². The summed E-state index contributed by atoms with van der Waals surface area (Å²) in [5.41, 5.74) is 0.537. The molecule has 1 N–H and O–H groups in total. The summed E-state index contributed by atoms with van der Waals surface area (Å²) < 4.78 is 1.50. The number of aromatic carboxylic acids is 1. The first kappa shape index (κ1) is 13.8. The van der Waals surface area contributed by atoms with Crippen LogP contribution in [0, 0.1) is 0 Å². The van der Waals surface area contributed by atoms with Gasteiger partial charge < -0.3 is 14.9 Å². The molecule has 112 valence electrons. The summed E-state index contributed by atoms with van der Waals surface area (Å²) in [6.07, 6.45) is 5.28. The lowest BCUT2D eigenvalue weighted by Gasteiger charge is -2.35. The summed E-state index contributed by atoms with van der Waals surface area (Å²) in [6, 6.07) is 2.50. The molecular weight excluding hydrogens is 270 g/mol. The molecule has 0 radical (unpaired) electrons. The van der Waals surface area contributed by atoms with Crippen LogP contribution in [0.25, 0.3) is 5.65 Å². The number of nitrogens with zero attached hydrogens (tertiary/aromatic N) is 5. The molecule has 3 rings (SSSR count). The Labute approximate surface area is 122 Å². The van der Waals surface area contributed by atoms with Gasteiger partial charge >= 0.3 is 5.97 Å². The molecule has 0 unspecified atom stereocenters. The first-order valence-electron chi connectivity index (χ1n) is 7.05. The van der Waals surface area contributed by atoms with E-state index in [-0.39, 0.29) is 5.56 Å². The predicted molar refractivity (Wildman–Crippen MR) is 78.9 cm³/mol. The third-order valence-electron chi connectivity index (χ3n) is 4.10. The van der Waals surface area contributed by atoms with Crippen LogP contribution in [0.2, 0.25) is 0 Å². The summed E-state index contributed by atoms with van der Waals surface area (Å²) in [5, 5.41) is 13.2. The first-order valence-corrected chi connectivity index (χ1v) is 7.05. The summed E-state index contributed by atoms with van der Waals surface area (Å²) in [6.45, 7) is 1.87. The van der Waals surface area contributed by atoms with Crippen molar-refractivity contribution >= 4 is 17.4 Å². The zero-order chi connectivity index (χ0) is 15.0. The fourth-order valence-corrected chi connectivity index (χ4v) is 2.80. The number of carboxylic acids is 1. The number of hydrogen-bond donors (Lipinski definition) is 1. The third-order valence-corrected chi connectivity index (χ3v) is 4.10. The van der Waals surface area contributed by atoms with Crippen LogP contribution in [0.4, 0.5) is 5.82 Å². The minimum atomic E-state index is -0.999. The van der Waals surface area contributed by atoms with E-state index in [2.05, 4.69) is 34.0 Å². The minimum absolute atomic E-state index is 0.139. The Hall–Kier alpha value is -2.15. The molecule has 0 saturated carbocycles. The molecule has 1 aliphatic rings. The van der Waals surface area contributed by atoms with Gasteiger partial charge in [-0.25, -0.2) is 14.3 Å². The number of rotatable bonds is 3. The molecule has 0 aliphatic carbocycles. The van der Waals surface area contributed by atoms with Crippen LogP contribution >= 0.6 is 0 Å². The minimum Gasteiger partial charge on any atom is -0.477 e. The molecule has 0 amide bonds. The van der Waals surface area contributed by atoms with Crippen molar-refractivity contribution in [2.45, 2.75) is 18.9 Å². The molecule has 3 heterocycles. The molecule has 1 aliphatic heterocycles. The van der Waals surface area contributed by atoms with E-state index in [4.69, 9.17) is 5.11 Å². The Kier molecular flexibility index (Phi) is 3.50. The Morgan fingerprint density at radius 1 is 1.38 bits per heavy atom. The molecular formula is C14H19N5O2. The van der Waals surface area contributed by atoms with Crippen molar-refractivity contribution in [3.8, 4) is 0 Å². The second-order valence-corrected chi connectivity index (χ2v) is 5.60. The van der Waals surface area contributed by atoms with E-state index in [1.54, 1.807) is 6.20 Å². The number of anilines is 1. The summed E-state index contributed by atoms with van der Waals surface area (Å²) in [7, 11) is 4.21. The quantitative estimate of drug-likeness (QED) is 0.907. The van der Waals surface area contributed by atoms with Crippen LogP contribution in [-0.4, -0.2) is 63.8 Å². The second-order valence-electron chi connectivity index (χ2n) is 5.60. The maximum atomic E-state index is 11.2. The van der Waals surface area contributed by atoms with Gasteiger partial charge in [0.05, 0.1) is 6.20 Å². The van der Waals surface area contributed by atoms with E-state index < -0.39 is 5.97 Å². The van der Waals surface area contributed by atoms with E-state index in [1.165, 1.54) is 10.7 Å². The van der Waals surface area contributed by atoms with Crippen molar-refractivity contribution in [2.75, 3.05) is 32.1 Å². The average molecular weight is 289 g/mol. The van der Waals surface area contributed by atoms with Crippen molar-refractivity contribution in [2.24, 2.45) is 0 Å². The molecule has 21 heavy (non-hydrogen) atoms. The van der Waals surface area contributed by atoms with Gasteiger partial charge in [0.25, 0.3) is 0 Å². The summed E-state index contributed by atoms with van der Waals surface area (Å²) >= 11 is 0. The van der Waals surface area contributed by atoms with Crippen LogP contribution in [0.15, 0.2) is 18.5 Å². The van der Waals surface area contributed by atoms with Gasteiger partial charge in [-0.15, -0.1) is 0 Å². The largest absolute Gasteiger partial charge is 0.477 e. The summed E-state index contributed by atoms with van der Waals surface area (Å²) in [5.74, 6) is -0.177. The molecule has 1 fully saturated rings. The first-order chi connectivity index (χ1) is 10.1. The predicted octanol–water partition coefficient (Wildman–Crippen LogP) is 0.958. The van der Waals surface area contributed by atoms with E-state index in [0.29, 0.717) is 11.7 Å². The fourth-order valence-electron chi connectivity index (χ4n) is 2.80. The lowest BCUT2D eigenvalue weighted by atomic mass is 10.0. The molecule has 0 spiro atoms. The molecule has 0 bridgehead atoms. The number of carboxylic acid groups (broad SMARTS) is 1. The van der Waals surface area contributed by atoms with Crippen molar-refractivity contribution in [1.82, 2.24) is 19.5 Å². The van der Waals surface area contributed by atoms with Crippen molar-refractivity contribution in [1.29, 1.82) is 0 Å². The normalized spacial score (nSPS) is 16.8. The topological polar surface area (TPSA) is 74.0 Å². The zero-order valence-electron chi connectivity index (χ0n) is 12.2. The molecule has 0 aromatic carbocycles. The van der Waals surface area contributed by atoms with Gasteiger partial charge in [-0.2, -0.15) is 5.10 Å². The van der Waals surface area contributed by atoms with Gasteiger partial charge in [-0.1, -0.05) is 0 Å². The van der Waals surface area contributed by atoms with Gasteiger partial charge in [0.15, 0.2) is 5.65 Å². The molecule has 7 heteroatoms. The van der Waals surface area contributed by atoms with Gasteiger partial charge in [-0.05, 0) is 33.0 Å². The van der Waals surface area contributed by atoms with E-state index in [0.717, 1.165) is 31.7 Å². The monoisotopic (exact) mass is 289 g/mol. The molecule has 2 aromatic rings. The number of fused-ring (bicyclic) bond motifs is 1.